The zero-order valence-electron chi connectivity index (χ0n) is 12.2. The van der Waals surface area contributed by atoms with E-state index >= 15 is 0 Å². The van der Waals surface area contributed by atoms with Gasteiger partial charge in [0.1, 0.15) is 0 Å². The van der Waals surface area contributed by atoms with Gasteiger partial charge in [0.05, 0.1) is 6.10 Å². The van der Waals surface area contributed by atoms with Crippen molar-refractivity contribution < 1.29 is 4.74 Å². The molecule has 1 aliphatic heterocycles. The maximum Gasteiger partial charge on any atom is 0.0581 e. The molecular weight excluding hydrogens is 220 g/mol. The summed E-state index contributed by atoms with van der Waals surface area (Å²) in [5.41, 5.74) is 0. The van der Waals surface area contributed by atoms with Gasteiger partial charge in [0.2, 0.25) is 0 Å². The summed E-state index contributed by atoms with van der Waals surface area (Å²) < 4.78 is 5.83. The van der Waals surface area contributed by atoms with Crippen LogP contribution in [0.1, 0.15) is 65.2 Å². The van der Waals surface area contributed by atoms with Gasteiger partial charge in [0, 0.05) is 6.61 Å². The van der Waals surface area contributed by atoms with Gasteiger partial charge in [-0.1, -0.05) is 26.7 Å². The quantitative estimate of drug-likeness (QED) is 0.666. The van der Waals surface area contributed by atoms with E-state index in [0.717, 1.165) is 36.2 Å². The van der Waals surface area contributed by atoms with Crippen LogP contribution in [0.2, 0.25) is 0 Å². The fourth-order valence-electron chi connectivity index (χ4n) is 4.75. The summed E-state index contributed by atoms with van der Waals surface area (Å²) in [6, 6.07) is 0. The SMILES string of the molecule is CCCC1CC1CC(C)CC1CC2COC(C2)C1. The van der Waals surface area contributed by atoms with Crippen LogP contribution in [0.25, 0.3) is 0 Å². The molecule has 0 radical (unpaired) electrons. The number of rotatable bonds is 6. The summed E-state index contributed by atoms with van der Waals surface area (Å²) in [4.78, 5) is 0. The van der Waals surface area contributed by atoms with Gasteiger partial charge >= 0.3 is 0 Å². The highest BCUT2D eigenvalue weighted by Crippen LogP contribution is 2.47. The van der Waals surface area contributed by atoms with Crippen molar-refractivity contribution in [2.24, 2.45) is 29.6 Å². The van der Waals surface area contributed by atoms with Crippen LogP contribution >= 0.6 is 0 Å². The smallest absolute Gasteiger partial charge is 0.0581 e. The average molecular weight is 250 g/mol. The lowest BCUT2D eigenvalue weighted by Gasteiger charge is -2.28. The van der Waals surface area contributed by atoms with Gasteiger partial charge in [-0.05, 0) is 68.1 Å². The summed E-state index contributed by atoms with van der Waals surface area (Å²) in [7, 11) is 0. The fourth-order valence-corrected chi connectivity index (χ4v) is 4.75. The molecule has 104 valence electrons. The molecule has 0 amide bonds. The minimum atomic E-state index is 0.634. The lowest BCUT2D eigenvalue weighted by Crippen LogP contribution is -2.21. The Labute approximate surface area is 113 Å². The normalized spacial score (nSPS) is 44.0. The van der Waals surface area contributed by atoms with Crippen LogP contribution in [0.3, 0.4) is 0 Å². The van der Waals surface area contributed by atoms with Crippen LogP contribution < -0.4 is 0 Å². The Morgan fingerprint density at radius 2 is 1.94 bits per heavy atom. The Balaban J connectivity index is 1.38. The highest BCUT2D eigenvalue weighted by molar-refractivity contribution is 4.89. The summed E-state index contributed by atoms with van der Waals surface area (Å²) in [5.74, 6) is 5.04. The molecular formula is C17H30O. The zero-order valence-corrected chi connectivity index (χ0v) is 12.2. The van der Waals surface area contributed by atoms with Crippen LogP contribution in [-0.4, -0.2) is 12.7 Å². The first kappa shape index (κ1) is 13.0. The van der Waals surface area contributed by atoms with Crippen LogP contribution in [-0.2, 0) is 4.74 Å². The lowest BCUT2D eigenvalue weighted by molar-refractivity contribution is 0.0933. The molecule has 0 aromatic rings. The molecule has 6 atom stereocenters. The third-order valence-electron chi connectivity index (χ3n) is 5.60. The summed E-state index contributed by atoms with van der Waals surface area (Å²) >= 11 is 0. The highest BCUT2D eigenvalue weighted by Gasteiger charge is 2.38. The van der Waals surface area contributed by atoms with Crippen molar-refractivity contribution in [1.29, 1.82) is 0 Å². The lowest BCUT2D eigenvalue weighted by atomic mass is 9.77. The maximum absolute atomic E-state index is 5.83. The Bertz CT molecular complexity index is 263. The van der Waals surface area contributed by atoms with Gasteiger partial charge in [-0.3, -0.25) is 0 Å². The van der Waals surface area contributed by atoms with E-state index in [2.05, 4.69) is 13.8 Å². The second-order valence-corrected chi connectivity index (χ2v) is 7.52. The first-order chi connectivity index (χ1) is 8.74. The molecule has 2 saturated carbocycles. The molecule has 18 heavy (non-hydrogen) atoms. The molecule has 1 heterocycles. The Morgan fingerprint density at radius 3 is 2.72 bits per heavy atom. The Morgan fingerprint density at radius 1 is 1.06 bits per heavy atom. The van der Waals surface area contributed by atoms with E-state index in [0.29, 0.717) is 6.10 Å². The number of ether oxygens (including phenoxy) is 1. The molecule has 2 bridgehead atoms. The third-order valence-corrected chi connectivity index (χ3v) is 5.60. The minimum Gasteiger partial charge on any atom is -0.378 e. The van der Waals surface area contributed by atoms with Crippen LogP contribution in [0, 0.1) is 29.6 Å². The van der Waals surface area contributed by atoms with Gasteiger partial charge in [-0.2, -0.15) is 0 Å². The van der Waals surface area contributed by atoms with E-state index in [9.17, 15) is 0 Å². The predicted octanol–water partition coefficient (Wildman–Crippen LogP) is 4.65. The third kappa shape index (κ3) is 3.10. The van der Waals surface area contributed by atoms with Crippen molar-refractivity contribution in [2.75, 3.05) is 6.61 Å². The highest BCUT2D eigenvalue weighted by atomic mass is 16.5. The molecule has 0 spiro atoms. The van der Waals surface area contributed by atoms with Crippen LogP contribution in [0.4, 0.5) is 0 Å². The largest absolute Gasteiger partial charge is 0.378 e. The molecule has 3 aliphatic rings. The van der Waals surface area contributed by atoms with Crippen molar-refractivity contribution in [3.05, 3.63) is 0 Å². The van der Waals surface area contributed by atoms with E-state index in [1.54, 1.807) is 0 Å². The van der Waals surface area contributed by atoms with E-state index < -0.39 is 0 Å². The van der Waals surface area contributed by atoms with Crippen LogP contribution in [0.15, 0.2) is 0 Å². The first-order valence-corrected chi connectivity index (χ1v) is 8.36. The summed E-state index contributed by atoms with van der Waals surface area (Å²) in [6.07, 6.45) is 12.2. The zero-order chi connectivity index (χ0) is 12.5. The Kier molecular flexibility index (Phi) is 3.98. The number of fused-ring (bicyclic) bond motifs is 2. The maximum atomic E-state index is 5.83. The van der Waals surface area contributed by atoms with Crippen molar-refractivity contribution in [2.45, 2.75) is 71.3 Å². The molecule has 1 heteroatoms. The Hall–Kier alpha value is -0.0400. The molecule has 2 aliphatic carbocycles. The van der Waals surface area contributed by atoms with Crippen molar-refractivity contribution in [3.8, 4) is 0 Å². The standard InChI is InChI=1S/C17H30O/c1-3-4-15-10-16(15)6-12(2)5-13-7-14-9-17(8-13)18-11-14/h12-17H,3-11H2,1-2H3. The van der Waals surface area contributed by atoms with Gasteiger partial charge < -0.3 is 4.74 Å². The molecule has 3 rings (SSSR count). The monoisotopic (exact) mass is 250 g/mol. The van der Waals surface area contributed by atoms with E-state index in [-0.39, 0.29) is 0 Å². The molecule has 6 unspecified atom stereocenters. The molecule has 0 aromatic heterocycles. The second kappa shape index (κ2) is 5.53. The van der Waals surface area contributed by atoms with E-state index in [1.165, 1.54) is 51.4 Å². The predicted molar refractivity (Wildman–Crippen MR) is 75.5 cm³/mol. The molecule has 1 saturated heterocycles. The van der Waals surface area contributed by atoms with Gasteiger partial charge in [-0.25, -0.2) is 0 Å². The number of hydrogen-bond donors (Lipinski definition) is 0. The molecule has 1 nitrogen and oxygen atoms in total. The minimum absolute atomic E-state index is 0.634. The van der Waals surface area contributed by atoms with Crippen molar-refractivity contribution >= 4 is 0 Å². The summed E-state index contributed by atoms with van der Waals surface area (Å²) in [6.45, 7) is 5.89. The van der Waals surface area contributed by atoms with Gasteiger partial charge in [-0.15, -0.1) is 0 Å². The van der Waals surface area contributed by atoms with E-state index in [1.807, 2.05) is 0 Å². The molecule has 3 fully saturated rings. The number of hydrogen-bond acceptors (Lipinski definition) is 1. The van der Waals surface area contributed by atoms with Crippen molar-refractivity contribution in [1.82, 2.24) is 0 Å². The van der Waals surface area contributed by atoms with Crippen molar-refractivity contribution in [3.63, 3.8) is 0 Å². The average Bonchev–Trinajstić information content (AvgIpc) is 2.95. The summed E-state index contributed by atoms with van der Waals surface area (Å²) in [5, 5.41) is 0. The van der Waals surface area contributed by atoms with Gasteiger partial charge in [0.15, 0.2) is 0 Å². The molecule has 0 N–H and O–H groups in total. The first-order valence-electron chi connectivity index (χ1n) is 8.36. The van der Waals surface area contributed by atoms with E-state index in [4.69, 9.17) is 4.74 Å². The van der Waals surface area contributed by atoms with Gasteiger partial charge in [0.25, 0.3) is 0 Å². The molecule has 0 aromatic carbocycles. The second-order valence-electron chi connectivity index (χ2n) is 7.52. The fraction of sp³-hybridized carbons (Fsp3) is 1.00. The topological polar surface area (TPSA) is 9.23 Å². The van der Waals surface area contributed by atoms with Crippen LogP contribution in [0.5, 0.6) is 0 Å².